The third-order valence-electron chi connectivity index (χ3n) is 3.51. The fourth-order valence-electron chi connectivity index (χ4n) is 2.41. The number of rotatable bonds is 7. The van der Waals surface area contributed by atoms with Gasteiger partial charge in [0.15, 0.2) is 0 Å². The molecule has 0 amide bonds. The molecule has 0 bridgehead atoms. The van der Waals surface area contributed by atoms with E-state index in [0.717, 1.165) is 18.7 Å². The van der Waals surface area contributed by atoms with Crippen molar-refractivity contribution in [2.45, 2.75) is 25.4 Å². The van der Waals surface area contributed by atoms with Crippen molar-refractivity contribution in [3.63, 3.8) is 0 Å². The third-order valence-corrected chi connectivity index (χ3v) is 3.51. The van der Waals surface area contributed by atoms with Crippen LogP contribution >= 0.6 is 0 Å². The topological polar surface area (TPSA) is 27.0 Å². The Balaban J connectivity index is 2.25. The number of hydrogen-bond acceptors (Lipinski definition) is 2. The number of nitriles is 1. The van der Waals surface area contributed by atoms with Crippen LogP contribution in [0, 0.1) is 11.3 Å². The Bertz CT molecular complexity index is 584. The minimum atomic E-state index is 0.159. The monoisotopic (exact) mass is 276 g/mol. The molecular weight excluding hydrogens is 256 g/mol. The molecule has 106 valence electrons. The van der Waals surface area contributed by atoms with Gasteiger partial charge in [0.2, 0.25) is 0 Å². The van der Waals surface area contributed by atoms with Gasteiger partial charge < -0.3 is 4.90 Å². The van der Waals surface area contributed by atoms with Crippen molar-refractivity contribution in [2.75, 3.05) is 4.90 Å². The molecule has 2 aromatic carbocycles. The first kappa shape index (κ1) is 14.9. The van der Waals surface area contributed by atoms with Gasteiger partial charge in [-0.25, -0.2) is 0 Å². The molecule has 0 aromatic heterocycles. The van der Waals surface area contributed by atoms with Crippen LogP contribution in [0.3, 0.4) is 0 Å². The van der Waals surface area contributed by atoms with Crippen LogP contribution in [-0.2, 0) is 6.54 Å². The predicted molar refractivity (Wildman–Crippen MR) is 87.9 cm³/mol. The van der Waals surface area contributed by atoms with E-state index in [9.17, 15) is 0 Å². The summed E-state index contributed by atoms with van der Waals surface area (Å²) < 4.78 is 0. The number of para-hydroxylation sites is 1. The predicted octanol–water partition coefficient (Wildman–Crippen LogP) is 4.55. The number of benzene rings is 2. The molecule has 0 aliphatic heterocycles. The highest BCUT2D eigenvalue weighted by atomic mass is 15.2. The van der Waals surface area contributed by atoms with E-state index in [1.165, 1.54) is 5.56 Å². The molecule has 0 radical (unpaired) electrons. The fraction of sp³-hybridized carbons (Fsp3) is 0.211. The van der Waals surface area contributed by atoms with E-state index >= 15 is 0 Å². The highest BCUT2D eigenvalue weighted by Gasteiger charge is 2.16. The fourth-order valence-corrected chi connectivity index (χ4v) is 2.41. The van der Waals surface area contributed by atoms with Crippen molar-refractivity contribution in [2.24, 2.45) is 0 Å². The largest absolute Gasteiger partial charge is 0.361 e. The Hall–Kier alpha value is -2.53. The average molecular weight is 276 g/mol. The molecule has 0 fully saturated rings. The van der Waals surface area contributed by atoms with Gasteiger partial charge in [0.05, 0.1) is 6.07 Å². The molecule has 21 heavy (non-hydrogen) atoms. The van der Waals surface area contributed by atoms with Crippen molar-refractivity contribution in [3.8, 4) is 6.07 Å². The van der Waals surface area contributed by atoms with Crippen LogP contribution < -0.4 is 4.90 Å². The standard InChI is InChI=1S/C19H20N2/c1-2-18(14-9-15-20)21(19-12-7-4-8-13-19)16-17-10-5-3-6-11-17/h2-8,10-13,18H,1,9,14,16H2. The Morgan fingerprint density at radius 3 is 2.24 bits per heavy atom. The summed E-state index contributed by atoms with van der Waals surface area (Å²) in [5.41, 5.74) is 2.41. The van der Waals surface area contributed by atoms with Crippen LogP contribution in [0.15, 0.2) is 73.3 Å². The second-order valence-corrected chi connectivity index (χ2v) is 4.95. The summed E-state index contributed by atoms with van der Waals surface area (Å²) in [6.45, 7) is 4.76. The molecule has 0 saturated carbocycles. The lowest BCUT2D eigenvalue weighted by molar-refractivity contribution is 0.642. The molecule has 2 rings (SSSR count). The quantitative estimate of drug-likeness (QED) is 0.694. The van der Waals surface area contributed by atoms with Crippen LogP contribution in [0.5, 0.6) is 0 Å². The zero-order valence-corrected chi connectivity index (χ0v) is 12.2. The Kier molecular flexibility index (Phi) is 5.60. The van der Waals surface area contributed by atoms with Crippen LogP contribution in [0.4, 0.5) is 5.69 Å². The molecule has 0 saturated heterocycles. The second-order valence-electron chi connectivity index (χ2n) is 4.95. The maximum absolute atomic E-state index is 8.85. The molecule has 2 nitrogen and oxygen atoms in total. The number of nitrogens with zero attached hydrogens (tertiary/aromatic N) is 2. The smallest absolute Gasteiger partial charge is 0.0622 e. The molecule has 2 heteroatoms. The average Bonchev–Trinajstić information content (AvgIpc) is 2.56. The van der Waals surface area contributed by atoms with Gasteiger partial charge in [-0.2, -0.15) is 5.26 Å². The highest BCUT2D eigenvalue weighted by Crippen LogP contribution is 2.22. The minimum absolute atomic E-state index is 0.159. The van der Waals surface area contributed by atoms with Crippen molar-refractivity contribution >= 4 is 5.69 Å². The van der Waals surface area contributed by atoms with Crippen LogP contribution in [-0.4, -0.2) is 6.04 Å². The highest BCUT2D eigenvalue weighted by molar-refractivity contribution is 5.48. The molecule has 0 heterocycles. The van der Waals surface area contributed by atoms with Crippen molar-refractivity contribution < 1.29 is 0 Å². The maximum atomic E-state index is 8.85. The zero-order valence-electron chi connectivity index (χ0n) is 12.2. The van der Waals surface area contributed by atoms with Gasteiger partial charge in [-0.3, -0.25) is 0 Å². The minimum Gasteiger partial charge on any atom is -0.361 e. The van der Waals surface area contributed by atoms with Gasteiger partial charge in [-0.05, 0) is 24.1 Å². The first-order valence-electron chi connectivity index (χ1n) is 7.20. The van der Waals surface area contributed by atoms with Gasteiger partial charge >= 0.3 is 0 Å². The van der Waals surface area contributed by atoms with Gasteiger partial charge in [0.1, 0.15) is 0 Å². The summed E-state index contributed by atoms with van der Waals surface area (Å²) in [5.74, 6) is 0. The third kappa shape index (κ3) is 4.22. The van der Waals surface area contributed by atoms with E-state index in [0.29, 0.717) is 6.42 Å². The van der Waals surface area contributed by atoms with Gasteiger partial charge in [0, 0.05) is 24.7 Å². The van der Waals surface area contributed by atoms with Crippen LogP contribution in [0.1, 0.15) is 18.4 Å². The Morgan fingerprint density at radius 1 is 1.05 bits per heavy atom. The normalized spacial score (nSPS) is 11.4. The van der Waals surface area contributed by atoms with Gasteiger partial charge in [-0.15, -0.1) is 6.58 Å². The van der Waals surface area contributed by atoms with Gasteiger partial charge in [0.25, 0.3) is 0 Å². The summed E-state index contributed by atoms with van der Waals surface area (Å²) >= 11 is 0. The second kappa shape index (κ2) is 7.91. The van der Waals surface area contributed by atoms with E-state index in [1.54, 1.807) is 0 Å². The van der Waals surface area contributed by atoms with E-state index in [4.69, 9.17) is 5.26 Å². The first-order valence-corrected chi connectivity index (χ1v) is 7.20. The van der Waals surface area contributed by atoms with E-state index in [-0.39, 0.29) is 6.04 Å². The summed E-state index contributed by atoms with van der Waals surface area (Å²) in [7, 11) is 0. The van der Waals surface area contributed by atoms with Gasteiger partial charge in [-0.1, -0.05) is 54.6 Å². The Labute approximate surface area is 127 Å². The number of hydrogen-bond donors (Lipinski definition) is 0. The molecule has 1 atom stereocenters. The summed E-state index contributed by atoms with van der Waals surface area (Å²) in [6, 6.07) is 23.1. The lowest BCUT2D eigenvalue weighted by atomic mass is 10.1. The van der Waals surface area contributed by atoms with Crippen molar-refractivity contribution in [1.82, 2.24) is 0 Å². The molecule has 0 aliphatic rings. The Morgan fingerprint density at radius 2 is 1.67 bits per heavy atom. The van der Waals surface area contributed by atoms with E-state index < -0.39 is 0 Å². The lowest BCUT2D eigenvalue weighted by Gasteiger charge is -2.31. The van der Waals surface area contributed by atoms with Crippen LogP contribution in [0.2, 0.25) is 0 Å². The number of anilines is 1. The molecule has 0 aliphatic carbocycles. The molecule has 0 spiro atoms. The maximum Gasteiger partial charge on any atom is 0.0622 e. The molecule has 0 N–H and O–H groups in total. The van der Waals surface area contributed by atoms with E-state index in [1.807, 2.05) is 30.3 Å². The summed E-state index contributed by atoms with van der Waals surface area (Å²) in [5, 5.41) is 8.85. The first-order chi connectivity index (χ1) is 10.3. The zero-order chi connectivity index (χ0) is 14.9. The molecule has 1 unspecified atom stereocenters. The molecular formula is C19H20N2. The molecule has 2 aromatic rings. The van der Waals surface area contributed by atoms with Crippen molar-refractivity contribution in [1.29, 1.82) is 5.26 Å². The SMILES string of the molecule is C=CC(CCC#N)N(Cc1ccccc1)c1ccccc1. The summed E-state index contributed by atoms with van der Waals surface area (Å²) in [4.78, 5) is 2.31. The lowest BCUT2D eigenvalue weighted by Crippen LogP contribution is -2.33. The van der Waals surface area contributed by atoms with Crippen LogP contribution in [0.25, 0.3) is 0 Å². The van der Waals surface area contributed by atoms with E-state index in [2.05, 4.69) is 53.9 Å². The van der Waals surface area contributed by atoms with Crippen molar-refractivity contribution in [3.05, 3.63) is 78.9 Å². The summed E-state index contributed by atoms with van der Waals surface area (Å²) in [6.07, 6.45) is 3.27.